The molecule has 2 N–H and O–H groups in total. The minimum Gasteiger partial charge on any atom is -0.507 e. The van der Waals surface area contributed by atoms with E-state index in [9.17, 15) is 18.7 Å². The number of benzene rings is 4. The van der Waals surface area contributed by atoms with Crippen LogP contribution in [0.4, 0.5) is 14.5 Å². The fourth-order valence-electron chi connectivity index (χ4n) is 3.63. The lowest BCUT2D eigenvalue weighted by Crippen LogP contribution is -2.14. The third-order valence-corrected chi connectivity index (χ3v) is 5.47. The van der Waals surface area contributed by atoms with Crippen molar-refractivity contribution in [2.75, 3.05) is 5.32 Å². The fourth-order valence-corrected chi connectivity index (χ4v) is 3.63. The highest BCUT2D eigenvalue weighted by molar-refractivity contribution is 6.11. The smallest absolute Gasteiger partial charge is 0.260 e. The van der Waals surface area contributed by atoms with Crippen LogP contribution in [0.3, 0.4) is 0 Å². The summed E-state index contributed by atoms with van der Waals surface area (Å²) in [6.07, 6.45) is 4.01. The molecule has 0 bridgehead atoms. The number of aromatic hydroxyl groups is 1. The van der Waals surface area contributed by atoms with Crippen LogP contribution < -0.4 is 5.32 Å². The molecule has 0 saturated carbocycles. The Morgan fingerprint density at radius 2 is 1.47 bits per heavy atom. The molecule has 170 valence electrons. The van der Waals surface area contributed by atoms with Crippen molar-refractivity contribution >= 4 is 17.7 Å². The lowest BCUT2D eigenvalue weighted by atomic mass is 9.94. The molecule has 4 aromatic carbocycles. The average Bonchev–Trinajstić information content (AvgIpc) is 2.83. The van der Waals surface area contributed by atoms with E-state index in [0.29, 0.717) is 28.8 Å². The Morgan fingerprint density at radius 3 is 2.12 bits per heavy atom. The second-order valence-corrected chi connectivity index (χ2v) is 7.98. The minimum atomic E-state index is -0.468. The van der Waals surface area contributed by atoms with Gasteiger partial charge in [0.2, 0.25) is 0 Å². The van der Waals surface area contributed by atoms with E-state index in [4.69, 9.17) is 0 Å². The fraction of sp³-hybridized carbons (Fsp3) is 0.0690. The molecule has 0 fully saturated rings. The molecule has 0 saturated heterocycles. The molecule has 0 unspecified atom stereocenters. The lowest BCUT2D eigenvalue weighted by molar-refractivity contribution is 0.102. The minimum absolute atomic E-state index is 0.111. The van der Waals surface area contributed by atoms with E-state index >= 15 is 0 Å². The summed E-state index contributed by atoms with van der Waals surface area (Å²) in [7, 11) is 0. The molecule has 0 aliphatic rings. The summed E-state index contributed by atoms with van der Waals surface area (Å²) in [5, 5.41) is 13.9. The van der Waals surface area contributed by atoms with Crippen LogP contribution in [0.5, 0.6) is 5.75 Å². The number of phenolic OH excluding ortho intramolecular Hbond substituents is 1. The summed E-state index contributed by atoms with van der Waals surface area (Å²) < 4.78 is 26.6. The standard InChI is InChI=1S/C29H23F2NO2/c1-19-5-16-25(17-6-19)32-29(34)27-26(21-9-14-24(31)15-10-21)18-11-22(28(27)33)4-2-3-20-7-12-23(30)13-8-20/h2-3,5-18,33H,4H2,1H3,(H,32,34)/b3-2+. The number of rotatable bonds is 6. The van der Waals surface area contributed by atoms with Gasteiger partial charge in [0.1, 0.15) is 17.4 Å². The molecule has 5 heteroatoms. The molecule has 0 aliphatic carbocycles. The molecule has 0 aliphatic heterocycles. The number of aryl methyl sites for hydroxylation is 1. The van der Waals surface area contributed by atoms with E-state index in [1.807, 2.05) is 31.2 Å². The SMILES string of the molecule is Cc1ccc(NC(=O)c2c(-c3ccc(F)cc3)ccc(C/C=C/c3ccc(F)cc3)c2O)cc1. The number of hydrogen-bond donors (Lipinski definition) is 2. The van der Waals surface area contributed by atoms with Crippen LogP contribution in [0, 0.1) is 18.6 Å². The van der Waals surface area contributed by atoms with Gasteiger partial charge in [-0.2, -0.15) is 0 Å². The highest BCUT2D eigenvalue weighted by Crippen LogP contribution is 2.34. The molecule has 1 amide bonds. The van der Waals surface area contributed by atoms with Crippen LogP contribution in [-0.4, -0.2) is 11.0 Å². The third kappa shape index (κ3) is 5.38. The summed E-state index contributed by atoms with van der Waals surface area (Å²) in [5.74, 6) is -1.31. The normalized spacial score (nSPS) is 11.0. The van der Waals surface area contributed by atoms with Crippen molar-refractivity contribution in [1.82, 2.24) is 0 Å². The van der Waals surface area contributed by atoms with Crippen molar-refractivity contribution in [1.29, 1.82) is 0 Å². The van der Waals surface area contributed by atoms with Crippen LogP contribution in [0.2, 0.25) is 0 Å². The Balaban J connectivity index is 1.68. The zero-order chi connectivity index (χ0) is 24.1. The molecular weight excluding hydrogens is 432 g/mol. The first-order chi connectivity index (χ1) is 16.4. The molecule has 3 nitrogen and oxygen atoms in total. The van der Waals surface area contributed by atoms with E-state index < -0.39 is 5.91 Å². The quantitative estimate of drug-likeness (QED) is 0.324. The molecule has 4 rings (SSSR count). The highest BCUT2D eigenvalue weighted by atomic mass is 19.1. The van der Waals surface area contributed by atoms with Gasteiger partial charge < -0.3 is 10.4 Å². The van der Waals surface area contributed by atoms with Gasteiger partial charge in [-0.1, -0.05) is 66.2 Å². The molecule has 0 aromatic heterocycles. The molecular formula is C29H23F2NO2. The zero-order valence-corrected chi connectivity index (χ0v) is 18.6. The predicted octanol–water partition coefficient (Wildman–Crippen LogP) is 7.15. The van der Waals surface area contributed by atoms with E-state index in [1.54, 1.807) is 48.5 Å². The van der Waals surface area contributed by atoms with Gasteiger partial charge in [0.05, 0.1) is 5.56 Å². The van der Waals surface area contributed by atoms with Crippen LogP contribution in [0.25, 0.3) is 17.2 Å². The summed E-state index contributed by atoms with van der Waals surface area (Å²) in [6, 6.07) is 22.7. The van der Waals surface area contributed by atoms with Gasteiger partial charge >= 0.3 is 0 Å². The van der Waals surface area contributed by atoms with Gasteiger partial charge in [-0.15, -0.1) is 0 Å². The monoisotopic (exact) mass is 455 g/mol. The molecule has 34 heavy (non-hydrogen) atoms. The highest BCUT2D eigenvalue weighted by Gasteiger charge is 2.20. The molecule has 4 aromatic rings. The van der Waals surface area contributed by atoms with Gasteiger partial charge in [0.25, 0.3) is 5.91 Å². The number of phenols is 1. The van der Waals surface area contributed by atoms with E-state index in [-0.39, 0.29) is 22.9 Å². The van der Waals surface area contributed by atoms with Gasteiger partial charge in [0.15, 0.2) is 0 Å². The number of halogens is 2. The Labute approximate surface area is 197 Å². The van der Waals surface area contributed by atoms with Crippen molar-refractivity contribution < 1.29 is 18.7 Å². The maximum Gasteiger partial charge on any atom is 0.260 e. The van der Waals surface area contributed by atoms with Gasteiger partial charge in [-0.25, -0.2) is 8.78 Å². The summed E-state index contributed by atoms with van der Waals surface area (Å²) in [6.45, 7) is 1.95. The Hall–Kier alpha value is -4.25. The number of hydrogen-bond acceptors (Lipinski definition) is 2. The molecule has 0 heterocycles. The van der Waals surface area contributed by atoms with Crippen molar-refractivity contribution in [2.24, 2.45) is 0 Å². The largest absolute Gasteiger partial charge is 0.507 e. The van der Waals surface area contributed by atoms with Crippen molar-refractivity contribution in [3.05, 3.63) is 125 Å². The Bertz CT molecular complexity index is 1330. The zero-order valence-electron chi connectivity index (χ0n) is 18.6. The molecule has 0 atom stereocenters. The second kappa shape index (κ2) is 10.1. The maximum absolute atomic E-state index is 13.5. The van der Waals surface area contributed by atoms with E-state index in [0.717, 1.165) is 11.1 Å². The van der Waals surface area contributed by atoms with Gasteiger partial charge in [0, 0.05) is 5.69 Å². The molecule has 0 spiro atoms. The maximum atomic E-state index is 13.5. The predicted molar refractivity (Wildman–Crippen MR) is 132 cm³/mol. The van der Waals surface area contributed by atoms with Crippen molar-refractivity contribution in [3.63, 3.8) is 0 Å². The van der Waals surface area contributed by atoms with E-state index in [2.05, 4.69) is 5.32 Å². The lowest BCUT2D eigenvalue weighted by Gasteiger charge is -2.15. The Kier molecular flexibility index (Phi) is 6.83. The van der Waals surface area contributed by atoms with Crippen molar-refractivity contribution in [3.8, 4) is 16.9 Å². The topological polar surface area (TPSA) is 49.3 Å². The number of nitrogens with one attached hydrogen (secondary N) is 1. The van der Waals surface area contributed by atoms with Gasteiger partial charge in [-0.05, 0) is 72.0 Å². The number of anilines is 1. The number of amides is 1. The molecule has 0 radical (unpaired) electrons. The first kappa shape index (κ1) is 22.9. The summed E-state index contributed by atoms with van der Waals surface area (Å²) >= 11 is 0. The second-order valence-electron chi connectivity index (χ2n) is 7.98. The first-order valence-electron chi connectivity index (χ1n) is 10.8. The third-order valence-electron chi connectivity index (χ3n) is 5.47. The van der Waals surface area contributed by atoms with Crippen LogP contribution in [0.15, 0.2) is 91.0 Å². The average molecular weight is 456 g/mol. The van der Waals surface area contributed by atoms with E-state index in [1.165, 1.54) is 24.3 Å². The summed E-state index contributed by atoms with van der Waals surface area (Å²) in [4.78, 5) is 13.3. The first-order valence-corrected chi connectivity index (χ1v) is 10.8. The Morgan fingerprint density at radius 1 is 0.853 bits per heavy atom. The summed E-state index contributed by atoms with van der Waals surface area (Å²) in [5.41, 5.74) is 4.25. The van der Waals surface area contributed by atoms with Crippen LogP contribution in [-0.2, 0) is 6.42 Å². The number of allylic oxidation sites excluding steroid dienone is 1. The van der Waals surface area contributed by atoms with Crippen molar-refractivity contribution in [2.45, 2.75) is 13.3 Å². The number of carbonyl (C=O) groups excluding carboxylic acids is 1. The number of carbonyl (C=O) groups is 1. The van der Waals surface area contributed by atoms with Crippen LogP contribution >= 0.6 is 0 Å². The van der Waals surface area contributed by atoms with Gasteiger partial charge in [-0.3, -0.25) is 4.79 Å². The van der Waals surface area contributed by atoms with Crippen LogP contribution in [0.1, 0.15) is 27.0 Å².